The van der Waals surface area contributed by atoms with E-state index >= 15 is 0 Å². The lowest BCUT2D eigenvalue weighted by Gasteiger charge is -2.36. The van der Waals surface area contributed by atoms with Crippen LogP contribution in [0.25, 0.3) is 0 Å². The zero-order valence-electron chi connectivity index (χ0n) is 19.2. The summed E-state index contributed by atoms with van der Waals surface area (Å²) in [5.74, 6) is 2.86. The van der Waals surface area contributed by atoms with Gasteiger partial charge in [0.25, 0.3) is 5.91 Å². The summed E-state index contributed by atoms with van der Waals surface area (Å²) in [5, 5.41) is 7.62. The molecule has 0 spiro atoms. The van der Waals surface area contributed by atoms with E-state index in [4.69, 9.17) is 9.97 Å². The van der Waals surface area contributed by atoms with Gasteiger partial charge in [-0.1, -0.05) is 0 Å². The summed E-state index contributed by atoms with van der Waals surface area (Å²) in [5.41, 5.74) is 5.35. The van der Waals surface area contributed by atoms with E-state index < -0.39 is 0 Å². The molecule has 0 unspecified atom stereocenters. The molecule has 6 rings (SSSR count). The van der Waals surface area contributed by atoms with Gasteiger partial charge in [-0.25, -0.2) is 9.97 Å². The van der Waals surface area contributed by atoms with Gasteiger partial charge < -0.3 is 9.80 Å². The number of hydrogen-bond acceptors (Lipinski definition) is 5. The Kier molecular flexibility index (Phi) is 5.15. The highest BCUT2D eigenvalue weighted by Gasteiger charge is 2.36. The Bertz CT molecular complexity index is 1030. The van der Waals surface area contributed by atoms with Crippen LogP contribution in [0.1, 0.15) is 96.2 Å². The van der Waals surface area contributed by atoms with Gasteiger partial charge in [0, 0.05) is 42.1 Å². The molecule has 170 valence electrons. The predicted octanol–water partition coefficient (Wildman–Crippen LogP) is 3.92. The highest BCUT2D eigenvalue weighted by molar-refractivity contribution is 5.94. The van der Waals surface area contributed by atoms with Crippen molar-refractivity contribution < 1.29 is 4.79 Å². The number of rotatable bonds is 4. The molecule has 0 radical (unpaired) electrons. The first kappa shape index (κ1) is 20.2. The Labute approximate surface area is 190 Å². The zero-order valence-corrected chi connectivity index (χ0v) is 19.2. The summed E-state index contributed by atoms with van der Waals surface area (Å²) in [6.45, 7) is 5.10. The van der Waals surface area contributed by atoms with Gasteiger partial charge in [0.1, 0.15) is 5.82 Å². The average Bonchev–Trinajstić information content (AvgIpc) is 3.54. The topological polar surface area (TPSA) is 78.0 Å². The number of piperidine rings is 1. The largest absolute Gasteiger partial charge is 0.356 e. The van der Waals surface area contributed by atoms with Crippen LogP contribution in [0, 0.1) is 12.8 Å². The van der Waals surface area contributed by atoms with Gasteiger partial charge in [-0.05, 0) is 83.5 Å². The second kappa shape index (κ2) is 8.16. The highest BCUT2D eigenvalue weighted by Crippen LogP contribution is 2.37. The first-order valence-corrected chi connectivity index (χ1v) is 12.7. The fourth-order valence-corrected chi connectivity index (χ4v) is 5.88. The number of amides is 1. The third kappa shape index (κ3) is 3.59. The van der Waals surface area contributed by atoms with Crippen molar-refractivity contribution in [3.05, 3.63) is 34.0 Å². The molecule has 2 fully saturated rings. The van der Waals surface area contributed by atoms with Crippen molar-refractivity contribution in [1.29, 1.82) is 0 Å². The van der Waals surface area contributed by atoms with Crippen LogP contribution < -0.4 is 4.90 Å². The molecular formula is C25H34N6O. The number of hydrogen-bond donors (Lipinski definition) is 1. The van der Waals surface area contributed by atoms with Gasteiger partial charge >= 0.3 is 0 Å². The molecule has 2 aromatic rings. The summed E-state index contributed by atoms with van der Waals surface area (Å²) in [6, 6.07) is -0.0547. The Hall–Kier alpha value is -2.44. The molecule has 32 heavy (non-hydrogen) atoms. The normalized spacial score (nSPS) is 23.1. The van der Waals surface area contributed by atoms with Crippen LogP contribution in [0.4, 0.5) is 5.82 Å². The van der Waals surface area contributed by atoms with E-state index in [2.05, 4.69) is 22.0 Å². The van der Waals surface area contributed by atoms with Crippen molar-refractivity contribution >= 4 is 11.7 Å². The quantitative estimate of drug-likeness (QED) is 0.789. The molecule has 7 heteroatoms. The molecule has 7 nitrogen and oxygen atoms in total. The molecule has 4 heterocycles. The SMILES string of the molecule is Cc1nc([C@@H]2CCCCN2C(=O)c2n[nH]c3c2CCCC3)nc2c1CCCN2CC1CC1. The van der Waals surface area contributed by atoms with Gasteiger partial charge in [-0.3, -0.25) is 9.89 Å². The molecule has 0 bridgehead atoms. The molecule has 4 aliphatic rings. The van der Waals surface area contributed by atoms with Crippen molar-refractivity contribution in [2.24, 2.45) is 5.92 Å². The fraction of sp³-hybridized carbons (Fsp3) is 0.680. The highest BCUT2D eigenvalue weighted by atomic mass is 16.2. The molecule has 1 atom stereocenters. The van der Waals surface area contributed by atoms with Crippen LogP contribution in [0.3, 0.4) is 0 Å². The number of likely N-dealkylation sites (tertiary alicyclic amines) is 1. The van der Waals surface area contributed by atoms with Crippen molar-refractivity contribution in [2.45, 2.75) is 83.6 Å². The number of carbonyl (C=O) groups is 1. The molecule has 0 aromatic carbocycles. The number of nitrogens with one attached hydrogen (secondary N) is 1. The molecule has 2 aromatic heterocycles. The zero-order chi connectivity index (χ0) is 21.7. The van der Waals surface area contributed by atoms with E-state index in [1.807, 2.05) is 4.90 Å². The summed E-state index contributed by atoms with van der Waals surface area (Å²) in [6.07, 6.45) is 12.3. The number of aromatic nitrogens is 4. The van der Waals surface area contributed by atoms with Gasteiger partial charge in [0.2, 0.25) is 0 Å². The lowest BCUT2D eigenvalue weighted by atomic mass is 9.94. The maximum absolute atomic E-state index is 13.7. The lowest BCUT2D eigenvalue weighted by Crippen LogP contribution is -2.40. The predicted molar refractivity (Wildman–Crippen MR) is 123 cm³/mol. The monoisotopic (exact) mass is 434 g/mol. The van der Waals surface area contributed by atoms with Gasteiger partial charge in [0.05, 0.1) is 6.04 Å². The molecular weight excluding hydrogens is 400 g/mol. The van der Waals surface area contributed by atoms with E-state index in [0.29, 0.717) is 5.69 Å². The summed E-state index contributed by atoms with van der Waals surface area (Å²) < 4.78 is 0. The van der Waals surface area contributed by atoms with Crippen LogP contribution in [0.5, 0.6) is 0 Å². The maximum Gasteiger partial charge on any atom is 0.275 e. The second-order valence-electron chi connectivity index (χ2n) is 10.2. The minimum absolute atomic E-state index is 0.0547. The van der Waals surface area contributed by atoms with Crippen LogP contribution in [0.15, 0.2) is 0 Å². The maximum atomic E-state index is 13.7. The first-order valence-electron chi connectivity index (χ1n) is 12.7. The number of fused-ring (bicyclic) bond motifs is 2. The Balaban J connectivity index is 1.33. The standard InChI is InChI=1S/C25H34N6O/c1-16-18-8-6-13-30(15-17-11-12-17)24(18)27-23(26-16)21-10-4-5-14-31(21)25(32)22-19-7-2-3-9-20(19)28-29-22/h17,21H,2-15H2,1H3,(H,28,29)/t21-/m0/s1. The van der Waals surface area contributed by atoms with Crippen molar-refractivity contribution in [1.82, 2.24) is 25.1 Å². The van der Waals surface area contributed by atoms with E-state index in [9.17, 15) is 4.79 Å². The molecule has 2 aliphatic heterocycles. The minimum Gasteiger partial charge on any atom is -0.356 e. The van der Waals surface area contributed by atoms with Crippen LogP contribution in [-0.2, 0) is 19.3 Å². The minimum atomic E-state index is -0.0547. The van der Waals surface area contributed by atoms with Gasteiger partial charge in [-0.15, -0.1) is 0 Å². The van der Waals surface area contributed by atoms with Crippen LogP contribution in [0.2, 0.25) is 0 Å². The van der Waals surface area contributed by atoms with E-state index in [1.54, 1.807) is 0 Å². The van der Waals surface area contributed by atoms with Crippen molar-refractivity contribution in [3.63, 3.8) is 0 Å². The smallest absolute Gasteiger partial charge is 0.275 e. The van der Waals surface area contributed by atoms with E-state index in [0.717, 1.165) is 99.1 Å². The summed E-state index contributed by atoms with van der Waals surface area (Å²) in [4.78, 5) is 28.3. The number of H-pyrrole nitrogens is 1. The first-order chi connectivity index (χ1) is 15.7. The number of aryl methyl sites for hydroxylation is 2. The van der Waals surface area contributed by atoms with E-state index in [-0.39, 0.29) is 11.9 Å². The van der Waals surface area contributed by atoms with E-state index in [1.165, 1.54) is 31.2 Å². The Morgan fingerprint density at radius 3 is 2.69 bits per heavy atom. The van der Waals surface area contributed by atoms with Gasteiger partial charge in [0.15, 0.2) is 11.5 Å². The number of carbonyl (C=O) groups excluding carboxylic acids is 1. The van der Waals surface area contributed by atoms with Crippen molar-refractivity contribution in [3.8, 4) is 0 Å². The molecule has 1 N–H and O–H groups in total. The molecule has 2 aliphatic carbocycles. The van der Waals surface area contributed by atoms with Gasteiger partial charge in [-0.2, -0.15) is 5.10 Å². The second-order valence-corrected chi connectivity index (χ2v) is 10.2. The molecule has 1 saturated carbocycles. The fourth-order valence-electron chi connectivity index (χ4n) is 5.88. The number of nitrogens with zero attached hydrogens (tertiary/aromatic N) is 5. The third-order valence-corrected chi connectivity index (χ3v) is 7.86. The average molecular weight is 435 g/mol. The summed E-state index contributed by atoms with van der Waals surface area (Å²) >= 11 is 0. The Morgan fingerprint density at radius 2 is 1.81 bits per heavy atom. The van der Waals surface area contributed by atoms with Crippen LogP contribution >= 0.6 is 0 Å². The summed E-state index contributed by atoms with van der Waals surface area (Å²) in [7, 11) is 0. The number of aromatic amines is 1. The van der Waals surface area contributed by atoms with Crippen molar-refractivity contribution in [2.75, 3.05) is 24.5 Å². The third-order valence-electron chi connectivity index (χ3n) is 7.86. The Morgan fingerprint density at radius 1 is 0.969 bits per heavy atom. The van der Waals surface area contributed by atoms with Crippen LogP contribution in [-0.4, -0.2) is 50.6 Å². The molecule has 1 saturated heterocycles. The molecule has 1 amide bonds. The number of anilines is 1. The lowest BCUT2D eigenvalue weighted by molar-refractivity contribution is 0.0592.